The average molecular weight is 144 g/mol. The zero-order valence-corrected chi connectivity index (χ0v) is 5.79. The molecule has 0 radical (unpaired) electrons. The second-order valence-corrected chi connectivity index (χ2v) is 1.84. The lowest BCUT2D eigenvalue weighted by atomic mass is 10.3. The maximum Gasteiger partial charge on any atom is 0.176 e. The first-order valence-corrected chi connectivity index (χ1v) is 2.91. The number of hydrogen-bond donors (Lipinski definition) is 2. The Kier molecular flexibility index (Phi) is 4.84. The summed E-state index contributed by atoms with van der Waals surface area (Å²) in [7, 11) is 0. The summed E-state index contributed by atoms with van der Waals surface area (Å²) in [5.41, 5.74) is 0.252. The van der Waals surface area contributed by atoms with Crippen molar-refractivity contribution in [2.45, 2.75) is 6.29 Å². The van der Waals surface area contributed by atoms with E-state index in [4.69, 9.17) is 14.9 Å². The highest BCUT2D eigenvalue weighted by atomic mass is 16.5. The van der Waals surface area contributed by atoms with Crippen LogP contribution in [0.5, 0.6) is 0 Å². The van der Waals surface area contributed by atoms with Crippen molar-refractivity contribution in [3.8, 4) is 0 Å². The fourth-order valence-corrected chi connectivity index (χ4v) is 0.348. The average Bonchev–Trinajstić information content (AvgIpc) is 1.88. The molecule has 2 N–H and O–H groups in total. The first-order chi connectivity index (χ1) is 4.68. The van der Waals surface area contributed by atoms with Crippen molar-refractivity contribution in [3.05, 3.63) is 24.8 Å². The molecule has 0 aromatic rings. The molecule has 0 saturated carbocycles. The molecule has 58 valence electrons. The van der Waals surface area contributed by atoms with Crippen molar-refractivity contribution in [2.24, 2.45) is 0 Å². The van der Waals surface area contributed by atoms with Crippen molar-refractivity contribution < 1.29 is 14.9 Å². The molecule has 0 aliphatic rings. The lowest BCUT2D eigenvalue weighted by Crippen LogP contribution is -2.12. The molecular formula is C7H12O3. The van der Waals surface area contributed by atoms with Gasteiger partial charge in [-0.3, -0.25) is 0 Å². The van der Waals surface area contributed by atoms with Crippen LogP contribution < -0.4 is 0 Å². The second kappa shape index (κ2) is 5.17. The Bertz CT molecular complexity index is 118. The molecule has 0 aromatic heterocycles. The molecular weight excluding hydrogens is 132 g/mol. The van der Waals surface area contributed by atoms with E-state index in [1.165, 1.54) is 0 Å². The number of hydrogen-bond acceptors (Lipinski definition) is 3. The van der Waals surface area contributed by atoms with Gasteiger partial charge in [-0.15, -0.1) is 6.58 Å². The van der Waals surface area contributed by atoms with Crippen LogP contribution in [0.3, 0.4) is 0 Å². The van der Waals surface area contributed by atoms with E-state index < -0.39 is 6.29 Å². The van der Waals surface area contributed by atoms with Gasteiger partial charge in [0.15, 0.2) is 6.29 Å². The minimum absolute atomic E-state index is 0.156. The van der Waals surface area contributed by atoms with Gasteiger partial charge in [0.25, 0.3) is 0 Å². The molecule has 0 aliphatic carbocycles. The smallest absolute Gasteiger partial charge is 0.176 e. The minimum atomic E-state index is -1.48. The molecule has 3 nitrogen and oxygen atoms in total. The van der Waals surface area contributed by atoms with E-state index in [0.717, 1.165) is 0 Å². The van der Waals surface area contributed by atoms with Crippen LogP contribution >= 0.6 is 0 Å². The third-order valence-corrected chi connectivity index (χ3v) is 0.888. The van der Waals surface area contributed by atoms with Gasteiger partial charge in [0, 0.05) is 5.57 Å². The highest BCUT2D eigenvalue weighted by Crippen LogP contribution is 1.95. The Hall–Kier alpha value is -0.640. The van der Waals surface area contributed by atoms with Gasteiger partial charge in [-0.1, -0.05) is 12.7 Å². The van der Waals surface area contributed by atoms with E-state index in [1.807, 2.05) is 0 Å². The van der Waals surface area contributed by atoms with Gasteiger partial charge in [0.1, 0.15) is 0 Å². The van der Waals surface area contributed by atoms with Crippen molar-refractivity contribution in [1.29, 1.82) is 0 Å². The van der Waals surface area contributed by atoms with Crippen LogP contribution in [0.2, 0.25) is 0 Å². The third kappa shape index (κ3) is 4.26. The summed E-state index contributed by atoms with van der Waals surface area (Å²) in [5.74, 6) is 0. The van der Waals surface area contributed by atoms with Crippen LogP contribution in [0.15, 0.2) is 24.8 Å². The number of ether oxygens (including phenoxy) is 1. The first-order valence-electron chi connectivity index (χ1n) is 2.91. The van der Waals surface area contributed by atoms with Crippen LogP contribution in [0, 0.1) is 0 Å². The third-order valence-electron chi connectivity index (χ3n) is 0.888. The van der Waals surface area contributed by atoms with Crippen molar-refractivity contribution >= 4 is 0 Å². The van der Waals surface area contributed by atoms with Gasteiger partial charge in [0.05, 0.1) is 13.2 Å². The summed E-state index contributed by atoms with van der Waals surface area (Å²) in [5, 5.41) is 16.9. The van der Waals surface area contributed by atoms with Gasteiger partial charge in [-0.2, -0.15) is 0 Å². The molecule has 0 atom stereocenters. The Morgan fingerprint density at radius 1 is 1.60 bits per heavy atom. The van der Waals surface area contributed by atoms with E-state index in [-0.39, 0.29) is 12.2 Å². The maximum atomic E-state index is 8.47. The van der Waals surface area contributed by atoms with Crippen LogP contribution in [-0.4, -0.2) is 29.7 Å². The molecule has 0 spiro atoms. The Balaban J connectivity index is 3.30. The van der Waals surface area contributed by atoms with Crippen LogP contribution in [0.1, 0.15) is 0 Å². The fraction of sp³-hybridized carbons (Fsp3) is 0.429. The van der Waals surface area contributed by atoms with E-state index >= 15 is 0 Å². The zero-order valence-electron chi connectivity index (χ0n) is 5.79. The minimum Gasteiger partial charge on any atom is -0.373 e. The predicted octanol–water partition coefficient (Wildman–Crippen LogP) is 0.0559. The monoisotopic (exact) mass is 144 g/mol. The molecule has 0 fully saturated rings. The second-order valence-electron chi connectivity index (χ2n) is 1.84. The standard InChI is InChI=1S/C7H12O3/c1-3-4-10-5-6(2)7(8)9/h3,7-9H,1-2,4-5H2. The van der Waals surface area contributed by atoms with Crippen LogP contribution in [0.25, 0.3) is 0 Å². The first kappa shape index (κ1) is 9.36. The fourth-order valence-electron chi connectivity index (χ4n) is 0.348. The predicted molar refractivity (Wildman–Crippen MR) is 38.4 cm³/mol. The lowest BCUT2D eigenvalue weighted by molar-refractivity contribution is -0.0181. The molecule has 0 heterocycles. The molecule has 0 rings (SSSR count). The summed E-state index contributed by atoms with van der Waals surface area (Å²) in [6.07, 6.45) is 0.0987. The summed E-state index contributed by atoms with van der Waals surface area (Å²) in [4.78, 5) is 0. The summed E-state index contributed by atoms with van der Waals surface area (Å²) < 4.78 is 4.87. The highest BCUT2D eigenvalue weighted by molar-refractivity contribution is 4.96. The van der Waals surface area contributed by atoms with Crippen LogP contribution in [0.4, 0.5) is 0 Å². The zero-order chi connectivity index (χ0) is 7.98. The number of aliphatic hydroxyl groups is 2. The molecule has 0 amide bonds. The molecule has 0 aromatic carbocycles. The van der Waals surface area contributed by atoms with Crippen molar-refractivity contribution in [1.82, 2.24) is 0 Å². The molecule has 0 saturated heterocycles. The van der Waals surface area contributed by atoms with Gasteiger partial charge in [-0.05, 0) is 0 Å². The van der Waals surface area contributed by atoms with Gasteiger partial charge in [-0.25, -0.2) is 0 Å². The molecule has 0 bridgehead atoms. The van der Waals surface area contributed by atoms with E-state index in [9.17, 15) is 0 Å². The Labute approximate surface area is 60.3 Å². The summed E-state index contributed by atoms with van der Waals surface area (Å²) >= 11 is 0. The van der Waals surface area contributed by atoms with Crippen molar-refractivity contribution in [2.75, 3.05) is 13.2 Å². The molecule has 3 heteroatoms. The number of rotatable bonds is 5. The summed E-state index contributed by atoms with van der Waals surface area (Å²) in [6.45, 7) is 7.34. The lowest BCUT2D eigenvalue weighted by Gasteiger charge is -2.06. The highest BCUT2D eigenvalue weighted by Gasteiger charge is 2.01. The molecule has 10 heavy (non-hydrogen) atoms. The van der Waals surface area contributed by atoms with Gasteiger partial charge in [0.2, 0.25) is 0 Å². The molecule has 0 aliphatic heterocycles. The van der Waals surface area contributed by atoms with Gasteiger partial charge < -0.3 is 14.9 Å². The van der Waals surface area contributed by atoms with E-state index in [2.05, 4.69) is 13.2 Å². The Morgan fingerprint density at radius 2 is 2.20 bits per heavy atom. The van der Waals surface area contributed by atoms with Crippen LogP contribution in [-0.2, 0) is 4.74 Å². The van der Waals surface area contributed by atoms with E-state index in [0.29, 0.717) is 6.61 Å². The summed E-state index contributed by atoms with van der Waals surface area (Å²) in [6, 6.07) is 0. The maximum absolute atomic E-state index is 8.47. The van der Waals surface area contributed by atoms with Gasteiger partial charge >= 0.3 is 0 Å². The topological polar surface area (TPSA) is 49.7 Å². The normalized spacial score (nSPS) is 9.90. The Morgan fingerprint density at radius 3 is 2.60 bits per heavy atom. The van der Waals surface area contributed by atoms with Crippen molar-refractivity contribution in [3.63, 3.8) is 0 Å². The quantitative estimate of drug-likeness (QED) is 0.326. The number of aliphatic hydroxyl groups excluding tert-OH is 1. The molecule has 0 unspecified atom stereocenters. The SMILES string of the molecule is C=CCOCC(=C)C(O)O. The largest absolute Gasteiger partial charge is 0.373 e. The van der Waals surface area contributed by atoms with E-state index in [1.54, 1.807) is 6.08 Å².